The van der Waals surface area contributed by atoms with E-state index >= 15 is 0 Å². The van der Waals surface area contributed by atoms with Gasteiger partial charge in [-0.25, -0.2) is 4.79 Å². The maximum atomic E-state index is 10.8. The lowest BCUT2D eigenvalue weighted by Gasteiger charge is -2.55. The third kappa shape index (κ3) is 3.31. The largest absolute Gasteiger partial charge is 0.478 e. The molecule has 2 aliphatic rings. The number of hydrogen-bond acceptors (Lipinski definition) is 1. The van der Waals surface area contributed by atoms with Crippen LogP contribution in [0.4, 0.5) is 0 Å². The molecule has 0 spiro atoms. The van der Waals surface area contributed by atoms with Crippen molar-refractivity contribution in [2.24, 2.45) is 16.7 Å². The van der Waals surface area contributed by atoms with E-state index in [1.54, 1.807) is 11.1 Å². The number of fused-ring (bicyclic) bond motifs is 1. The fourth-order valence-corrected chi connectivity index (χ4v) is 5.30. The average Bonchev–Trinajstić information content (AvgIpc) is 2.35. The molecule has 2 nitrogen and oxygen atoms in total. The van der Waals surface area contributed by atoms with E-state index in [1.807, 2.05) is 6.92 Å². The predicted octanol–water partition coefficient (Wildman–Crippen LogP) is 5.74. The van der Waals surface area contributed by atoms with Crippen molar-refractivity contribution in [3.05, 3.63) is 22.8 Å². The van der Waals surface area contributed by atoms with Crippen LogP contribution in [0.25, 0.3) is 0 Å². The van der Waals surface area contributed by atoms with Gasteiger partial charge in [0.05, 0.1) is 0 Å². The van der Waals surface area contributed by atoms with Gasteiger partial charge in [0, 0.05) is 6.08 Å². The van der Waals surface area contributed by atoms with Gasteiger partial charge in [0.1, 0.15) is 0 Å². The highest BCUT2D eigenvalue weighted by atomic mass is 16.4. The molecule has 0 aromatic heterocycles. The van der Waals surface area contributed by atoms with Crippen LogP contribution in [0.15, 0.2) is 22.8 Å². The number of aliphatic carboxylic acids is 1. The summed E-state index contributed by atoms with van der Waals surface area (Å²) >= 11 is 0. The Morgan fingerprint density at radius 2 is 2.00 bits per heavy atom. The molecule has 2 heteroatoms. The van der Waals surface area contributed by atoms with Crippen molar-refractivity contribution in [1.82, 2.24) is 0 Å². The molecule has 0 aromatic carbocycles. The number of rotatable bonds is 4. The third-order valence-electron chi connectivity index (χ3n) is 6.38. The van der Waals surface area contributed by atoms with Crippen LogP contribution in [0.1, 0.15) is 79.6 Å². The second kappa shape index (κ2) is 6.22. The molecule has 1 N–H and O–H groups in total. The van der Waals surface area contributed by atoms with E-state index < -0.39 is 5.97 Å². The average molecular weight is 304 g/mol. The molecule has 2 aliphatic carbocycles. The first kappa shape index (κ1) is 17.3. The summed E-state index contributed by atoms with van der Waals surface area (Å²) in [5.74, 6) is -0.0501. The molecule has 1 saturated carbocycles. The molecule has 0 bridgehead atoms. The highest BCUT2D eigenvalue weighted by molar-refractivity contribution is 5.80. The van der Waals surface area contributed by atoms with Gasteiger partial charge in [-0.15, -0.1) is 0 Å². The van der Waals surface area contributed by atoms with Gasteiger partial charge in [0.25, 0.3) is 0 Å². The Labute approximate surface area is 135 Å². The molecule has 2 unspecified atom stereocenters. The molecule has 0 radical (unpaired) electrons. The summed E-state index contributed by atoms with van der Waals surface area (Å²) in [4.78, 5) is 10.8. The summed E-state index contributed by atoms with van der Waals surface area (Å²) in [5.41, 5.74) is 4.95. The molecular weight excluding hydrogens is 272 g/mol. The van der Waals surface area contributed by atoms with E-state index in [0.29, 0.717) is 10.8 Å². The number of carboxylic acid groups (broad SMARTS) is 1. The SMILES string of the molecule is CC(=CC(=O)O)CCC1=C(C)CCC2C(C)(C)CCCC12C. The lowest BCUT2D eigenvalue weighted by molar-refractivity contribution is -0.131. The molecule has 2 atom stereocenters. The van der Waals surface area contributed by atoms with Gasteiger partial charge in [-0.3, -0.25) is 0 Å². The smallest absolute Gasteiger partial charge is 0.328 e. The van der Waals surface area contributed by atoms with Gasteiger partial charge in [0.2, 0.25) is 0 Å². The van der Waals surface area contributed by atoms with Crippen LogP contribution in [-0.2, 0) is 4.79 Å². The summed E-state index contributed by atoms with van der Waals surface area (Å²) in [6.45, 7) is 11.6. The van der Waals surface area contributed by atoms with Gasteiger partial charge < -0.3 is 5.11 Å². The fourth-order valence-electron chi connectivity index (χ4n) is 5.30. The molecule has 22 heavy (non-hydrogen) atoms. The second-order valence-corrected chi connectivity index (χ2v) is 8.44. The predicted molar refractivity (Wildman–Crippen MR) is 91.8 cm³/mol. The monoisotopic (exact) mass is 304 g/mol. The normalized spacial score (nSPS) is 31.9. The fraction of sp³-hybridized carbons (Fsp3) is 0.750. The molecular formula is C20H32O2. The van der Waals surface area contributed by atoms with E-state index in [2.05, 4.69) is 27.7 Å². The van der Waals surface area contributed by atoms with Crippen LogP contribution in [-0.4, -0.2) is 11.1 Å². The molecule has 0 aromatic rings. The molecule has 0 saturated heterocycles. The van der Waals surface area contributed by atoms with Gasteiger partial charge in [-0.2, -0.15) is 0 Å². The zero-order valence-electron chi connectivity index (χ0n) is 15.0. The van der Waals surface area contributed by atoms with Crippen molar-refractivity contribution >= 4 is 5.97 Å². The standard InChI is InChI=1S/C20H32O2/c1-14(13-18(21)22)7-9-16-15(2)8-10-17-19(3,4)11-6-12-20(16,17)5/h13,17H,6-12H2,1-5H3,(H,21,22). The van der Waals surface area contributed by atoms with Crippen molar-refractivity contribution in [3.8, 4) is 0 Å². The van der Waals surface area contributed by atoms with Crippen LogP contribution in [0.3, 0.4) is 0 Å². The van der Waals surface area contributed by atoms with E-state index in [9.17, 15) is 4.79 Å². The molecule has 0 amide bonds. The van der Waals surface area contributed by atoms with Crippen LogP contribution in [0.5, 0.6) is 0 Å². The molecule has 0 aliphatic heterocycles. The first-order valence-electron chi connectivity index (χ1n) is 8.76. The summed E-state index contributed by atoms with van der Waals surface area (Å²) < 4.78 is 0. The zero-order chi connectivity index (χ0) is 16.5. The summed E-state index contributed by atoms with van der Waals surface area (Å²) in [7, 11) is 0. The summed E-state index contributed by atoms with van der Waals surface area (Å²) in [6.07, 6.45) is 9.78. The number of hydrogen-bond donors (Lipinski definition) is 1. The highest BCUT2D eigenvalue weighted by Crippen LogP contribution is 2.60. The summed E-state index contributed by atoms with van der Waals surface area (Å²) in [5, 5.41) is 8.89. The van der Waals surface area contributed by atoms with Crippen molar-refractivity contribution in [3.63, 3.8) is 0 Å². The van der Waals surface area contributed by atoms with Gasteiger partial charge in [-0.05, 0) is 69.1 Å². The minimum absolute atomic E-state index is 0.327. The van der Waals surface area contributed by atoms with Crippen LogP contribution in [0.2, 0.25) is 0 Å². The molecule has 2 rings (SSSR count). The van der Waals surface area contributed by atoms with E-state index in [1.165, 1.54) is 38.2 Å². The van der Waals surface area contributed by atoms with E-state index in [-0.39, 0.29) is 0 Å². The van der Waals surface area contributed by atoms with Crippen LogP contribution < -0.4 is 0 Å². The number of allylic oxidation sites excluding steroid dienone is 3. The van der Waals surface area contributed by atoms with Gasteiger partial charge in [0.15, 0.2) is 0 Å². The minimum atomic E-state index is -0.824. The maximum Gasteiger partial charge on any atom is 0.328 e. The highest BCUT2D eigenvalue weighted by Gasteiger charge is 2.49. The first-order chi connectivity index (χ1) is 10.2. The maximum absolute atomic E-state index is 10.8. The molecule has 0 heterocycles. The minimum Gasteiger partial charge on any atom is -0.478 e. The van der Waals surface area contributed by atoms with Gasteiger partial charge in [-0.1, -0.05) is 43.9 Å². The summed E-state index contributed by atoms with van der Waals surface area (Å²) in [6, 6.07) is 0. The van der Waals surface area contributed by atoms with Crippen molar-refractivity contribution in [2.45, 2.75) is 79.6 Å². The van der Waals surface area contributed by atoms with Crippen LogP contribution >= 0.6 is 0 Å². The Bertz CT molecular complexity index is 510. The van der Waals surface area contributed by atoms with Crippen molar-refractivity contribution < 1.29 is 9.90 Å². The van der Waals surface area contributed by atoms with E-state index in [4.69, 9.17) is 5.11 Å². The Balaban J connectivity index is 2.23. The Morgan fingerprint density at radius 1 is 1.32 bits per heavy atom. The first-order valence-corrected chi connectivity index (χ1v) is 8.76. The number of carbonyl (C=O) groups is 1. The number of carboxylic acids is 1. The Hall–Kier alpha value is -1.05. The third-order valence-corrected chi connectivity index (χ3v) is 6.38. The van der Waals surface area contributed by atoms with Crippen LogP contribution in [0, 0.1) is 16.7 Å². The zero-order valence-corrected chi connectivity index (χ0v) is 15.0. The lowest BCUT2D eigenvalue weighted by atomic mass is 9.50. The van der Waals surface area contributed by atoms with Crippen molar-refractivity contribution in [1.29, 1.82) is 0 Å². The lowest BCUT2D eigenvalue weighted by Crippen LogP contribution is -2.45. The molecule has 1 fully saturated rings. The Kier molecular flexibility index (Phi) is 4.89. The Morgan fingerprint density at radius 3 is 2.64 bits per heavy atom. The topological polar surface area (TPSA) is 37.3 Å². The van der Waals surface area contributed by atoms with E-state index in [0.717, 1.165) is 24.3 Å². The second-order valence-electron chi connectivity index (χ2n) is 8.44. The quantitative estimate of drug-likeness (QED) is 0.531. The molecule has 124 valence electrons. The van der Waals surface area contributed by atoms with Crippen molar-refractivity contribution in [2.75, 3.05) is 0 Å². The van der Waals surface area contributed by atoms with Gasteiger partial charge >= 0.3 is 5.97 Å².